The van der Waals surface area contributed by atoms with E-state index in [-0.39, 0.29) is 6.71 Å². The Hall–Kier alpha value is -6.04. The van der Waals surface area contributed by atoms with Crippen LogP contribution < -0.4 is 46.8 Å². The van der Waals surface area contributed by atoms with Gasteiger partial charge in [-0.25, -0.2) is 0 Å². The lowest BCUT2D eigenvalue weighted by molar-refractivity contribution is 0.358. The molecule has 49 heavy (non-hydrogen) atoms. The molecule has 3 heterocycles. The van der Waals surface area contributed by atoms with Crippen molar-refractivity contribution in [2.24, 2.45) is 0 Å². The smallest absolute Gasteiger partial charge is 0.316 e. The summed E-state index contributed by atoms with van der Waals surface area (Å²) in [4.78, 5) is 2.36. The highest BCUT2D eigenvalue weighted by atomic mass is 28.3. The number of rotatable bonds is 5. The number of hydrogen-bond acceptors (Lipinski definition) is 3. The fraction of sp³-hybridized carbons (Fsp3) is 0. The minimum absolute atomic E-state index is 0.000291. The molecule has 0 radical (unpaired) electrons. The molecule has 2 aliphatic rings. The van der Waals surface area contributed by atoms with Crippen LogP contribution in [0.2, 0.25) is 0 Å². The standard InChI is InChI=1S/C44H30BNO2Si/c1-4-17-32(18-5-1)49(33-19-6-2-7-20-33,34-21-8-3-9-22-34)35-23-14-16-31(30-35)45-37-25-11-12-27-39(37)46-42-36-24-10-13-28-40(36)47-44(42)48-41-29-15-26-38(45)43(41)46/h1-30H. The lowest BCUT2D eigenvalue weighted by atomic mass is 9.35. The molecule has 5 heteroatoms. The van der Waals surface area contributed by atoms with E-state index >= 15 is 0 Å². The highest BCUT2D eigenvalue weighted by Gasteiger charge is 2.44. The van der Waals surface area contributed by atoms with Crippen molar-refractivity contribution in [3.05, 3.63) is 182 Å². The number of hydrogen-bond donors (Lipinski definition) is 0. The van der Waals surface area contributed by atoms with E-state index < -0.39 is 8.07 Å². The van der Waals surface area contributed by atoms with E-state index in [4.69, 9.17) is 9.15 Å². The molecular formula is C44H30BNO2Si. The number of para-hydroxylation sites is 3. The second kappa shape index (κ2) is 11.0. The third kappa shape index (κ3) is 4.09. The minimum atomic E-state index is -2.71. The van der Waals surface area contributed by atoms with Crippen molar-refractivity contribution in [3.8, 4) is 11.7 Å². The molecule has 230 valence electrons. The Labute approximate surface area is 286 Å². The van der Waals surface area contributed by atoms with Gasteiger partial charge in [0.25, 0.3) is 0 Å². The van der Waals surface area contributed by atoms with Crippen LogP contribution in [0.3, 0.4) is 0 Å². The zero-order valence-corrected chi connectivity index (χ0v) is 27.7. The van der Waals surface area contributed by atoms with Crippen molar-refractivity contribution < 1.29 is 9.15 Å². The Kier molecular flexibility index (Phi) is 6.30. The van der Waals surface area contributed by atoms with E-state index in [1.54, 1.807) is 0 Å². The summed E-state index contributed by atoms with van der Waals surface area (Å²) in [6.45, 7) is -0.000291. The predicted octanol–water partition coefficient (Wildman–Crippen LogP) is 6.22. The first kappa shape index (κ1) is 28.0. The van der Waals surface area contributed by atoms with Crippen molar-refractivity contribution in [2.45, 2.75) is 0 Å². The second-order valence-electron chi connectivity index (χ2n) is 12.8. The third-order valence-electron chi connectivity index (χ3n) is 10.3. The van der Waals surface area contributed by atoms with Crippen molar-refractivity contribution in [3.63, 3.8) is 0 Å². The van der Waals surface area contributed by atoms with Gasteiger partial charge in [0.05, 0.1) is 5.69 Å². The van der Waals surface area contributed by atoms with Gasteiger partial charge in [0.1, 0.15) is 11.3 Å². The Morgan fingerprint density at radius 3 is 1.76 bits per heavy atom. The average molecular weight is 644 g/mol. The van der Waals surface area contributed by atoms with Crippen molar-refractivity contribution in [2.75, 3.05) is 4.90 Å². The first-order chi connectivity index (χ1) is 24.3. The largest absolute Gasteiger partial charge is 0.424 e. The number of furan rings is 1. The van der Waals surface area contributed by atoms with Crippen LogP contribution in [0.5, 0.6) is 11.7 Å². The summed E-state index contributed by atoms with van der Waals surface area (Å²) in [5.74, 6) is 1.34. The van der Waals surface area contributed by atoms with E-state index in [0.29, 0.717) is 5.95 Å². The normalized spacial score (nSPS) is 13.0. The molecule has 0 spiro atoms. The van der Waals surface area contributed by atoms with Gasteiger partial charge in [-0.1, -0.05) is 163 Å². The zero-order chi connectivity index (χ0) is 32.4. The molecule has 0 saturated heterocycles. The van der Waals surface area contributed by atoms with Gasteiger partial charge in [0.15, 0.2) is 13.8 Å². The lowest BCUT2D eigenvalue weighted by Crippen LogP contribution is -2.75. The maximum Gasteiger partial charge on any atom is 0.316 e. The van der Waals surface area contributed by atoms with Gasteiger partial charge in [-0.3, -0.25) is 0 Å². The van der Waals surface area contributed by atoms with E-state index in [1.165, 1.54) is 37.1 Å². The van der Waals surface area contributed by atoms with Gasteiger partial charge in [-0.2, -0.15) is 0 Å². The summed E-state index contributed by atoms with van der Waals surface area (Å²) in [6, 6.07) is 66.3. The van der Waals surface area contributed by atoms with Crippen LogP contribution in [-0.4, -0.2) is 14.8 Å². The SMILES string of the molecule is c1ccc([Si](c2ccccc2)(c2ccccc2)c2cccc(B3c4ccccc4N4c5c(cccc53)Oc3oc5ccccc5c34)c2)cc1. The van der Waals surface area contributed by atoms with Crippen LogP contribution in [0.15, 0.2) is 186 Å². The zero-order valence-electron chi connectivity index (χ0n) is 26.7. The van der Waals surface area contributed by atoms with Crippen LogP contribution in [-0.2, 0) is 0 Å². The molecule has 0 aliphatic carbocycles. The van der Waals surface area contributed by atoms with E-state index in [1.807, 2.05) is 12.1 Å². The molecule has 0 amide bonds. The molecule has 2 aliphatic heterocycles. The summed E-state index contributed by atoms with van der Waals surface area (Å²) >= 11 is 0. The third-order valence-corrected chi connectivity index (χ3v) is 15.1. The monoisotopic (exact) mass is 643 g/mol. The molecule has 10 rings (SSSR count). The molecule has 0 unspecified atom stereocenters. The molecule has 1 aromatic heterocycles. The molecular weight excluding hydrogens is 613 g/mol. The summed E-state index contributed by atoms with van der Waals surface area (Å²) in [5, 5.41) is 6.49. The molecule has 8 aromatic rings. The molecule has 0 saturated carbocycles. The number of nitrogens with zero attached hydrogens (tertiary/aromatic N) is 1. The fourth-order valence-electron chi connectivity index (χ4n) is 8.31. The maximum absolute atomic E-state index is 6.56. The van der Waals surface area contributed by atoms with Crippen molar-refractivity contribution in [1.82, 2.24) is 0 Å². The Morgan fingerprint density at radius 2 is 1.04 bits per heavy atom. The molecule has 3 nitrogen and oxygen atoms in total. The first-order valence-corrected chi connectivity index (χ1v) is 18.8. The van der Waals surface area contributed by atoms with Crippen LogP contribution in [0.4, 0.5) is 17.1 Å². The lowest BCUT2D eigenvalue weighted by Gasteiger charge is -2.40. The Balaban J connectivity index is 1.23. The topological polar surface area (TPSA) is 25.6 Å². The number of ether oxygens (including phenoxy) is 1. The average Bonchev–Trinajstić information content (AvgIpc) is 3.55. The van der Waals surface area contributed by atoms with E-state index in [2.05, 4.69) is 175 Å². The summed E-state index contributed by atoms with van der Waals surface area (Å²) < 4.78 is 12.8. The molecule has 0 N–H and O–H groups in total. The molecule has 0 bridgehead atoms. The summed E-state index contributed by atoms with van der Waals surface area (Å²) in [5.41, 5.74) is 7.74. The maximum atomic E-state index is 6.56. The molecule has 0 fully saturated rings. The number of benzene rings is 7. The second-order valence-corrected chi connectivity index (χ2v) is 16.6. The van der Waals surface area contributed by atoms with Crippen molar-refractivity contribution in [1.29, 1.82) is 0 Å². The van der Waals surface area contributed by atoms with Gasteiger partial charge in [0, 0.05) is 11.1 Å². The molecule has 7 aromatic carbocycles. The quantitative estimate of drug-likeness (QED) is 0.165. The highest BCUT2D eigenvalue weighted by molar-refractivity contribution is 7.20. The van der Waals surface area contributed by atoms with Gasteiger partial charge in [-0.15, -0.1) is 0 Å². The van der Waals surface area contributed by atoms with Crippen LogP contribution in [0.1, 0.15) is 0 Å². The van der Waals surface area contributed by atoms with Crippen LogP contribution in [0.25, 0.3) is 11.0 Å². The van der Waals surface area contributed by atoms with E-state index in [0.717, 1.165) is 33.8 Å². The van der Waals surface area contributed by atoms with Gasteiger partial charge >= 0.3 is 5.95 Å². The van der Waals surface area contributed by atoms with Gasteiger partial charge < -0.3 is 14.1 Å². The first-order valence-electron chi connectivity index (χ1n) is 16.8. The fourth-order valence-corrected chi connectivity index (χ4v) is 13.1. The summed E-state index contributed by atoms with van der Waals surface area (Å²) in [7, 11) is -2.71. The van der Waals surface area contributed by atoms with Gasteiger partial charge in [-0.05, 0) is 55.9 Å². The Bertz CT molecular complexity index is 2400. The summed E-state index contributed by atoms with van der Waals surface area (Å²) in [6.07, 6.45) is 0. The number of fused-ring (bicyclic) bond motifs is 6. The predicted molar refractivity (Wildman–Crippen MR) is 206 cm³/mol. The van der Waals surface area contributed by atoms with Crippen molar-refractivity contribution >= 4 is 80.0 Å². The molecule has 0 atom stereocenters. The minimum Gasteiger partial charge on any atom is -0.424 e. The number of anilines is 3. The van der Waals surface area contributed by atoms with E-state index in [9.17, 15) is 0 Å². The van der Waals surface area contributed by atoms with Gasteiger partial charge in [0.2, 0.25) is 6.71 Å². The van der Waals surface area contributed by atoms with Crippen LogP contribution >= 0.6 is 0 Å². The highest BCUT2D eigenvalue weighted by Crippen LogP contribution is 2.54. The Morgan fingerprint density at radius 1 is 0.469 bits per heavy atom. The van der Waals surface area contributed by atoms with Crippen LogP contribution in [0, 0.1) is 0 Å².